The van der Waals surface area contributed by atoms with E-state index in [1.54, 1.807) is 47.0 Å². The Morgan fingerprint density at radius 3 is 2.59 bits per heavy atom. The second-order valence-corrected chi connectivity index (χ2v) is 8.41. The molecule has 174 valence electrons. The molecule has 1 aliphatic rings. The molecule has 1 aliphatic heterocycles. The van der Waals surface area contributed by atoms with E-state index >= 15 is 0 Å². The molecule has 0 spiro atoms. The van der Waals surface area contributed by atoms with Gasteiger partial charge in [0.25, 0.3) is 5.91 Å². The molecule has 0 aromatic carbocycles. The largest absolute Gasteiger partial charge is 0.324 e. The minimum Gasteiger partial charge on any atom is -0.324 e. The third-order valence-electron chi connectivity index (χ3n) is 5.83. The van der Waals surface area contributed by atoms with Crippen LogP contribution in [0.1, 0.15) is 28.9 Å². The lowest BCUT2D eigenvalue weighted by Gasteiger charge is -2.15. The molecule has 2 N–H and O–H groups in total. The number of nitrogens with one attached hydrogen (secondary N) is 2. The summed E-state index contributed by atoms with van der Waals surface area (Å²) in [6.07, 6.45) is 12.3. The Labute approximate surface area is 195 Å². The van der Waals surface area contributed by atoms with Crippen molar-refractivity contribution in [2.45, 2.75) is 19.8 Å². The van der Waals surface area contributed by atoms with E-state index in [-0.39, 0.29) is 11.8 Å². The first kappa shape index (κ1) is 21.7. The fraction of sp³-hybridized carbons (Fsp3) is 0.304. The summed E-state index contributed by atoms with van der Waals surface area (Å²) in [7, 11) is 1.84. The zero-order chi connectivity index (χ0) is 23.7. The van der Waals surface area contributed by atoms with Gasteiger partial charge in [0.05, 0.1) is 71.4 Å². The van der Waals surface area contributed by atoms with E-state index in [9.17, 15) is 9.59 Å². The summed E-state index contributed by atoms with van der Waals surface area (Å²) in [6.45, 7) is 4.04. The van der Waals surface area contributed by atoms with Crippen molar-refractivity contribution in [2.24, 2.45) is 7.05 Å². The van der Waals surface area contributed by atoms with E-state index in [1.807, 2.05) is 13.2 Å². The number of pyridine rings is 1. The van der Waals surface area contributed by atoms with E-state index < -0.39 is 0 Å². The molecule has 11 heteroatoms. The molecule has 11 nitrogen and oxygen atoms in total. The predicted molar refractivity (Wildman–Crippen MR) is 126 cm³/mol. The standard InChI is InChI=1S/C23H25N9O2/c1-15-19(7-17(9-24-15)28-22(33)14-31-5-3-4-6-31)29-23(34)18-10-27-32-13-20(25-11-21(18)32)16-8-26-30(2)12-16/h7-13H,3-6,14H2,1-2H3,(H,28,33)(H,29,34). The number of carbonyl (C=O) groups is 2. The zero-order valence-corrected chi connectivity index (χ0v) is 19.0. The van der Waals surface area contributed by atoms with Crippen LogP contribution in [0.2, 0.25) is 0 Å². The van der Waals surface area contributed by atoms with E-state index in [0.717, 1.165) is 31.5 Å². The molecule has 2 amide bonds. The van der Waals surface area contributed by atoms with Crippen LogP contribution in [0.5, 0.6) is 0 Å². The Morgan fingerprint density at radius 2 is 1.82 bits per heavy atom. The van der Waals surface area contributed by atoms with Crippen molar-refractivity contribution in [2.75, 3.05) is 30.3 Å². The molecule has 1 saturated heterocycles. The predicted octanol–water partition coefficient (Wildman–Crippen LogP) is 2.12. The Morgan fingerprint density at radius 1 is 1.00 bits per heavy atom. The molecule has 0 bridgehead atoms. The smallest absolute Gasteiger partial charge is 0.259 e. The van der Waals surface area contributed by atoms with Crippen LogP contribution in [0.4, 0.5) is 11.4 Å². The summed E-state index contributed by atoms with van der Waals surface area (Å²) in [5.41, 5.74) is 4.21. The third kappa shape index (κ3) is 4.50. The highest BCUT2D eigenvalue weighted by Crippen LogP contribution is 2.21. The Bertz CT molecular complexity index is 1370. The van der Waals surface area contributed by atoms with Crippen molar-refractivity contribution in [3.63, 3.8) is 0 Å². The third-order valence-corrected chi connectivity index (χ3v) is 5.83. The minimum atomic E-state index is -0.337. The zero-order valence-electron chi connectivity index (χ0n) is 19.0. The van der Waals surface area contributed by atoms with Crippen LogP contribution in [0.15, 0.2) is 43.2 Å². The number of fused-ring (bicyclic) bond motifs is 1. The van der Waals surface area contributed by atoms with Gasteiger partial charge in [0.1, 0.15) is 0 Å². The first-order valence-electron chi connectivity index (χ1n) is 11.1. The van der Waals surface area contributed by atoms with Gasteiger partial charge in [0.15, 0.2) is 0 Å². The van der Waals surface area contributed by atoms with E-state index in [4.69, 9.17) is 0 Å². The molecule has 4 aromatic heterocycles. The summed E-state index contributed by atoms with van der Waals surface area (Å²) in [5, 5.41) is 14.2. The normalized spacial score (nSPS) is 13.9. The number of hydrogen-bond donors (Lipinski definition) is 2. The molecule has 4 aromatic rings. The quantitative estimate of drug-likeness (QED) is 0.453. The molecule has 0 atom stereocenters. The molecule has 0 unspecified atom stereocenters. The summed E-state index contributed by atoms with van der Waals surface area (Å²) in [6, 6.07) is 1.71. The second kappa shape index (κ2) is 9.02. The number of likely N-dealkylation sites (tertiary alicyclic amines) is 1. The monoisotopic (exact) mass is 459 g/mol. The SMILES string of the molecule is Cc1ncc(NC(=O)CN2CCCC2)cc1NC(=O)c1cnn2cc(-c3cnn(C)c3)ncc12. The second-order valence-electron chi connectivity index (χ2n) is 8.41. The maximum atomic E-state index is 13.0. The molecule has 0 aliphatic carbocycles. The average Bonchev–Trinajstić information content (AvgIpc) is 3.56. The Kier molecular flexibility index (Phi) is 5.76. The fourth-order valence-corrected chi connectivity index (χ4v) is 4.02. The van der Waals surface area contributed by atoms with E-state index in [2.05, 4.69) is 35.7 Å². The number of amides is 2. The highest BCUT2D eigenvalue weighted by molar-refractivity contribution is 6.09. The van der Waals surface area contributed by atoms with Crippen LogP contribution in [-0.4, -0.2) is 65.7 Å². The van der Waals surface area contributed by atoms with Gasteiger partial charge in [0, 0.05) is 18.8 Å². The molecule has 0 radical (unpaired) electrons. The van der Waals surface area contributed by atoms with Crippen LogP contribution in [0, 0.1) is 6.92 Å². The van der Waals surface area contributed by atoms with Crippen LogP contribution in [0.3, 0.4) is 0 Å². The highest BCUT2D eigenvalue weighted by atomic mass is 16.2. The molecular weight excluding hydrogens is 434 g/mol. The van der Waals surface area contributed by atoms with Crippen molar-refractivity contribution in [1.82, 2.24) is 34.3 Å². The number of nitrogens with zero attached hydrogens (tertiary/aromatic N) is 7. The van der Waals surface area contributed by atoms with Gasteiger partial charge in [-0.15, -0.1) is 0 Å². The Balaban J connectivity index is 1.31. The van der Waals surface area contributed by atoms with Crippen molar-refractivity contribution in [3.8, 4) is 11.3 Å². The molecule has 1 fully saturated rings. The van der Waals surface area contributed by atoms with Gasteiger partial charge in [0.2, 0.25) is 5.91 Å². The first-order valence-corrected chi connectivity index (χ1v) is 11.1. The molecule has 5 rings (SSSR count). The van der Waals surface area contributed by atoms with Crippen LogP contribution in [0.25, 0.3) is 16.8 Å². The topological polar surface area (TPSA) is 122 Å². The van der Waals surface area contributed by atoms with Crippen LogP contribution >= 0.6 is 0 Å². The van der Waals surface area contributed by atoms with Gasteiger partial charge in [-0.05, 0) is 38.9 Å². The van der Waals surface area contributed by atoms with Crippen molar-refractivity contribution >= 4 is 28.7 Å². The van der Waals surface area contributed by atoms with Crippen LogP contribution < -0.4 is 10.6 Å². The van der Waals surface area contributed by atoms with E-state index in [0.29, 0.717) is 40.4 Å². The molecule has 34 heavy (non-hydrogen) atoms. The van der Waals surface area contributed by atoms with Gasteiger partial charge in [-0.1, -0.05) is 0 Å². The lowest BCUT2D eigenvalue weighted by atomic mass is 10.2. The lowest BCUT2D eigenvalue weighted by Crippen LogP contribution is -2.30. The van der Waals surface area contributed by atoms with Gasteiger partial charge in [-0.25, -0.2) is 4.52 Å². The molecule has 5 heterocycles. The fourth-order valence-electron chi connectivity index (χ4n) is 4.02. The van der Waals surface area contributed by atoms with Gasteiger partial charge in [-0.2, -0.15) is 10.2 Å². The lowest BCUT2D eigenvalue weighted by molar-refractivity contribution is -0.117. The summed E-state index contributed by atoms with van der Waals surface area (Å²) in [4.78, 5) is 36.3. The number of hydrogen-bond acceptors (Lipinski definition) is 7. The number of aromatic nitrogens is 6. The van der Waals surface area contributed by atoms with Gasteiger partial charge < -0.3 is 10.6 Å². The number of anilines is 2. The molecule has 0 saturated carbocycles. The van der Waals surface area contributed by atoms with Gasteiger partial charge >= 0.3 is 0 Å². The van der Waals surface area contributed by atoms with Crippen molar-refractivity contribution < 1.29 is 9.59 Å². The van der Waals surface area contributed by atoms with E-state index in [1.165, 1.54) is 6.20 Å². The van der Waals surface area contributed by atoms with Crippen molar-refractivity contribution in [1.29, 1.82) is 0 Å². The summed E-state index contributed by atoms with van der Waals surface area (Å²) >= 11 is 0. The molecular formula is C23H25N9O2. The number of rotatable bonds is 6. The first-order chi connectivity index (χ1) is 16.5. The average molecular weight is 460 g/mol. The number of carbonyl (C=O) groups excluding carboxylic acids is 2. The van der Waals surface area contributed by atoms with Crippen molar-refractivity contribution in [3.05, 3.63) is 54.5 Å². The highest BCUT2D eigenvalue weighted by Gasteiger charge is 2.18. The maximum absolute atomic E-state index is 13.0. The maximum Gasteiger partial charge on any atom is 0.259 e. The summed E-state index contributed by atoms with van der Waals surface area (Å²) in [5.74, 6) is -0.431. The van der Waals surface area contributed by atoms with Crippen LogP contribution in [-0.2, 0) is 11.8 Å². The van der Waals surface area contributed by atoms with Gasteiger partial charge in [-0.3, -0.25) is 29.1 Å². The minimum absolute atomic E-state index is 0.0945. The summed E-state index contributed by atoms with van der Waals surface area (Å²) < 4.78 is 3.31. The number of aryl methyl sites for hydroxylation is 2. The Hall–Kier alpha value is -4.12.